The zero-order chi connectivity index (χ0) is 24.8. The van der Waals surface area contributed by atoms with E-state index in [2.05, 4.69) is 13.8 Å². The van der Waals surface area contributed by atoms with Crippen LogP contribution in [-0.2, 0) is 19.2 Å². The van der Waals surface area contributed by atoms with E-state index >= 15 is 0 Å². The molecule has 0 aliphatic rings. The number of carbonyl (C=O) groups is 4. The first kappa shape index (κ1) is 33.8. The van der Waals surface area contributed by atoms with Gasteiger partial charge in [-0.1, -0.05) is 13.8 Å². The molecule has 0 rings (SSSR count). The van der Waals surface area contributed by atoms with Crippen LogP contribution >= 0.6 is 0 Å². The van der Waals surface area contributed by atoms with Crippen LogP contribution in [0.4, 0.5) is 39.5 Å². The van der Waals surface area contributed by atoms with Gasteiger partial charge in [-0.05, 0) is 12.3 Å². The van der Waals surface area contributed by atoms with Crippen molar-refractivity contribution in [1.29, 1.82) is 0 Å². The predicted molar refractivity (Wildman–Crippen MR) is 74.3 cm³/mol. The highest BCUT2D eigenvalue weighted by molar-refractivity contribution is 5.74. The van der Waals surface area contributed by atoms with Gasteiger partial charge in [0.05, 0.1) is 0 Å². The van der Waals surface area contributed by atoms with E-state index < -0.39 is 36.4 Å². The second-order valence-electron chi connectivity index (χ2n) is 4.81. The molecule has 174 valence electrons. The molecule has 0 fully saturated rings. The molecule has 0 atom stereocenters. The molecule has 0 spiro atoms. The fourth-order valence-electron chi connectivity index (χ4n) is 0.431. The van der Waals surface area contributed by atoms with Gasteiger partial charge in [0.2, 0.25) is 5.91 Å². The maximum atomic E-state index is 10.6. The lowest BCUT2D eigenvalue weighted by atomic mass is 10.1. The minimum absolute atomic E-state index is 0.196. The quantitative estimate of drug-likeness (QED) is 0.475. The van der Waals surface area contributed by atoms with Crippen molar-refractivity contribution in [2.24, 2.45) is 11.7 Å². The second-order valence-corrected chi connectivity index (χ2v) is 4.81. The molecule has 0 aromatic rings. The maximum Gasteiger partial charge on any atom is 0.490 e. The average Bonchev–Trinajstić information content (AvgIpc) is 2.44. The molecule has 0 saturated carbocycles. The number of carboxylic acids is 3. The Morgan fingerprint density at radius 3 is 0.897 bits per heavy atom. The molecule has 0 aliphatic heterocycles. The number of hydrogen-bond acceptors (Lipinski definition) is 4. The number of carbonyl (C=O) groups excluding carboxylic acids is 1. The van der Waals surface area contributed by atoms with Gasteiger partial charge in [-0.2, -0.15) is 39.5 Å². The fraction of sp³-hybridized carbons (Fsp3) is 0.667. The topological polar surface area (TPSA) is 155 Å². The molecule has 0 unspecified atom stereocenters. The van der Waals surface area contributed by atoms with Crippen molar-refractivity contribution >= 4 is 23.8 Å². The highest BCUT2D eigenvalue weighted by Gasteiger charge is 2.39. The maximum absolute atomic E-state index is 10.6. The summed E-state index contributed by atoms with van der Waals surface area (Å²) in [4.78, 5) is 36.8. The molecule has 0 radical (unpaired) electrons. The van der Waals surface area contributed by atoms with Gasteiger partial charge in [0, 0.05) is 6.42 Å². The normalized spacial score (nSPS) is 10.9. The summed E-state index contributed by atoms with van der Waals surface area (Å²) in [6.45, 7) is 4.14. The second kappa shape index (κ2) is 14.3. The monoisotopic (exact) mass is 457 g/mol. The molecule has 0 saturated heterocycles. The van der Waals surface area contributed by atoms with Gasteiger partial charge in [-0.3, -0.25) is 4.79 Å². The molecular formula is C12H16F9NO7. The number of alkyl halides is 9. The molecule has 29 heavy (non-hydrogen) atoms. The summed E-state index contributed by atoms with van der Waals surface area (Å²) in [5.41, 5.74) is 4.90. The Kier molecular flexibility index (Phi) is 16.6. The third-order valence-corrected chi connectivity index (χ3v) is 1.70. The lowest BCUT2D eigenvalue weighted by Crippen LogP contribution is -2.21. The van der Waals surface area contributed by atoms with E-state index in [0.717, 1.165) is 6.42 Å². The molecule has 5 N–H and O–H groups in total. The Labute approximate surface area is 156 Å². The van der Waals surface area contributed by atoms with E-state index in [0.29, 0.717) is 12.3 Å². The van der Waals surface area contributed by atoms with Crippen molar-refractivity contribution in [3.8, 4) is 0 Å². The van der Waals surface area contributed by atoms with E-state index in [-0.39, 0.29) is 5.91 Å². The van der Waals surface area contributed by atoms with Crippen molar-refractivity contribution < 1.29 is 74.0 Å². The van der Waals surface area contributed by atoms with E-state index in [1.807, 2.05) is 0 Å². The smallest absolute Gasteiger partial charge is 0.475 e. The Morgan fingerprint density at radius 1 is 0.690 bits per heavy atom. The van der Waals surface area contributed by atoms with Gasteiger partial charge < -0.3 is 21.1 Å². The number of hydrogen-bond donors (Lipinski definition) is 4. The zero-order valence-corrected chi connectivity index (χ0v) is 14.4. The predicted octanol–water partition coefficient (Wildman–Crippen LogP) is 2.81. The number of amides is 1. The minimum atomic E-state index is -5.08. The SMILES string of the molecule is CC(C)CCC(N)=O.O=C(O)C(F)(F)F.O=C(O)C(F)(F)F.O=C(O)C(F)(F)F. The summed E-state index contributed by atoms with van der Waals surface area (Å²) >= 11 is 0. The van der Waals surface area contributed by atoms with Gasteiger partial charge in [0.25, 0.3) is 0 Å². The summed E-state index contributed by atoms with van der Waals surface area (Å²) in [7, 11) is 0. The molecule has 8 nitrogen and oxygen atoms in total. The van der Waals surface area contributed by atoms with Gasteiger partial charge in [-0.25, -0.2) is 14.4 Å². The van der Waals surface area contributed by atoms with Gasteiger partial charge in [-0.15, -0.1) is 0 Å². The summed E-state index contributed by atoms with van der Waals surface area (Å²) < 4.78 is 95.2. The molecular weight excluding hydrogens is 441 g/mol. The van der Waals surface area contributed by atoms with E-state index in [1.54, 1.807) is 0 Å². The summed E-state index contributed by atoms with van der Waals surface area (Å²) in [6.07, 6.45) is -13.8. The fourth-order valence-corrected chi connectivity index (χ4v) is 0.431. The highest BCUT2D eigenvalue weighted by atomic mass is 19.4. The third-order valence-electron chi connectivity index (χ3n) is 1.70. The standard InChI is InChI=1S/C6H13NO.3C2HF3O2/c1-5(2)3-4-6(7)8;3*3-2(4,5)1(6)7/h5H,3-4H2,1-2H3,(H2,7,8);3*(H,6,7). The van der Waals surface area contributed by atoms with Crippen LogP contribution in [0.25, 0.3) is 0 Å². The van der Waals surface area contributed by atoms with Crippen LogP contribution in [-0.4, -0.2) is 57.7 Å². The Balaban J connectivity index is -0.000000144. The van der Waals surface area contributed by atoms with Gasteiger partial charge >= 0.3 is 36.4 Å². The van der Waals surface area contributed by atoms with Crippen molar-refractivity contribution in [2.45, 2.75) is 45.2 Å². The molecule has 0 aromatic heterocycles. The lowest BCUT2D eigenvalue weighted by Gasteiger charge is -1.98. The van der Waals surface area contributed by atoms with Crippen molar-refractivity contribution in [3.63, 3.8) is 0 Å². The van der Waals surface area contributed by atoms with Gasteiger partial charge in [0.1, 0.15) is 0 Å². The average molecular weight is 457 g/mol. The van der Waals surface area contributed by atoms with Crippen molar-refractivity contribution in [2.75, 3.05) is 0 Å². The molecule has 1 amide bonds. The molecule has 0 heterocycles. The summed E-state index contributed by atoms with van der Waals surface area (Å²) in [6, 6.07) is 0. The largest absolute Gasteiger partial charge is 0.490 e. The van der Waals surface area contributed by atoms with Crippen LogP contribution in [0.2, 0.25) is 0 Å². The molecule has 17 heteroatoms. The number of primary amides is 1. The van der Waals surface area contributed by atoms with E-state index in [1.165, 1.54) is 0 Å². The van der Waals surface area contributed by atoms with Crippen LogP contribution in [0.15, 0.2) is 0 Å². The van der Waals surface area contributed by atoms with E-state index in [9.17, 15) is 44.3 Å². The Hall–Kier alpha value is -2.75. The van der Waals surface area contributed by atoms with Crippen LogP contribution in [0.5, 0.6) is 0 Å². The lowest BCUT2D eigenvalue weighted by molar-refractivity contribution is -0.193. The minimum Gasteiger partial charge on any atom is -0.475 e. The van der Waals surface area contributed by atoms with Crippen LogP contribution < -0.4 is 5.73 Å². The zero-order valence-electron chi connectivity index (χ0n) is 14.4. The van der Waals surface area contributed by atoms with Crippen LogP contribution in [0, 0.1) is 5.92 Å². The molecule has 0 aromatic carbocycles. The first-order valence-electron chi connectivity index (χ1n) is 6.64. The number of carboxylic acid groups (broad SMARTS) is 3. The van der Waals surface area contributed by atoms with Crippen molar-refractivity contribution in [1.82, 2.24) is 0 Å². The number of halogens is 9. The molecule has 0 bridgehead atoms. The first-order valence-corrected chi connectivity index (χ1v) is 6.64. The van der Waals surface area contributed by atoms with Crippen molar-refractivity contribution in [3.05, 3.63) is 0 Å². The highest BCUT2D eigenvalue weighted by Crippen LogP contribution is 2.14. The third kappa shape index (κ3) is 33.3. The Bertz CT molecular complexity index is 468. The summed E-state index contributed by atoms with van der Waals surface area (Å²) in [5, 5.41) is 21.4. The Morgan fingerprint density at radius 2 is 0.862 bits per heavy atom. The van der Waals surface area contributed by atoms with E-state index in [4.69, 9.17) is 35.4 Å². The van der Waals surface area contributed by atoms with Gasteiger partial charge in [0.15, 0.2) is 0 Å². The number of aliphatic carboxylic acids is 3. The van der Waals surface area contributed by atoms with Crippen LogP contribution in [0.1, 0.15) is 26.7 Å². The number of nitrogens with two attached hydrogens (primary N) is 1. The molecule has 0 aliphatic carbocycles. The number of rotatable bonds is 3. The summed E-state index contributed by atoms with van der Waals surface area (Å²) in [5.74, 6) is -7.88. The first-order chi connectivity index (χ1) is 12.5. The van der Waals surface area contributed by atoms with Crippen LogP contribution in [0.3, 0.4) is 0 Å².